The molecule has 0 aromatic carbocycles. The Balaban J connectivity index is 3.71. The molecule has 0 bridgehead atoms. The molecule has 0 fully saturated rings. The second kappa shape index (κ2) is 7.74. The zero-order chi connectivity index (χ0) is 10.1. The summed E-state index contributed by atoms with van der Waals surface area (Å²) < 4.78 is 4.80. The van der Waals surface area contributed by atoms with E-state index in [1.807, 2.05) is 6.92 Å². The minimum Gasteiger partial charge on any atom is -0.428 e. The number of nitrogens with one attached hydrogen (secondary N) is 2. The van der Waals surface area contributed by atoms with Crippen LogP contribution in [-0.2, 0) is 9.57 Å². The Morgan fingerprint density at radius 1 is 1.62 bits per heavy atom. The van der Waals surface area contributed by atoms with Crippen LogP contribution >= 0.6 is 0 Å². The summed E-state index contributed by atoms with van der Waals surface area (Å²) in [6.45, 7) is 2.37. The molecule has 0 aliphatic carbocycles. The highest BCUT2D eigenvalue weighted by Crippen LogP contribution is 2.01. The van der Waals surface area contributed by atoms with Gasteiger partial charge in [0.1, 0.15) is 6.10 Å². The Kier molecular flexibility index (Phi) is 7.21. The largest absolute Gasteiger partial charge is 0.527 e. The normalized spacial score (nSPS) is 12.2. The second-order valence-electron chi connectivity index (χ2n) is 2.42. The summed E-state index contributed by atoms with van der Waals surface area (Å²) in [5.74, 6) is 9.59. The lowest BCUT2D eigenvalue weighted by atomic mass is 10.2. The molecule has 0 unspecified atom stereocenters. The third-order valence-electron chi connectivity index (χ3n) is 1.40. The highest BCUT2D eigenvalue weighted by atomic mass is 16.8. The molecule has 13 heavy (non-hydrogen) atoms. The molecule has 0 aliphatic heterocycles. The average molecular weight is 192 g/mol. The molecular weight excluding hydrogens is 176 g/mol. The van der Waals surface area contributed by atoms with Gasteiger partial charge in [-0.25, -0.2) is 10.2 Å². The molecule has 0 saturated heterocycles. The molecule has 1 atom stereocenters. The van der Waals surface area contributed by atoms with Gasteiger partial charge in [0.2, 0.25) is 0 Å². The van der Waals surface area contributed by atoms with E-state index < -0.39 is 6.16 Å². The van der Waals surface area contributed by atoms with Crippen LogP contribution in [0.5, 0.6) is 0 Å². The van der Waals surface area contributed by atoms with E-state index in [-0.39, 0.29) is 6.10 Å². The molecule has 0 aromatic rings. The second-order valence-corrected chi connectivity index (χ2v) is 2.42. The first-order valence-electron chi connectivity index (χ1n) is 4.00. The van der Waals surface area contributed by atoms with Crippen molar-refractivity contribution in [2.45, 2.75) is 25.9 Å². The van der Waals surface area contributed by atoms with E-state index in [9.17, 15) is 4.79 Å². The molecule has 0 aromatic heterocycles. The van der Waals surface area contributed by atoms with Gasteiger partial charge >= 0.3 is 6.16 Å². The zero-order valence-electron chi connectivity index (χ0n) is 7.58. The van der Waals surface area contributed by atoms with E-state index >= 15 is 0 Å². The lowest BCUT2D eigenvalue weighted by Gasteiger charge is -2.15. The van der Waals surface area contributed by atoms with Crippen molar-refractivity contribution in [3.63, 3.8) is 0 Å². The molecule has 6 N–H and O–H groups in total. The Morgan fingerprint density at radius 3 is 2.77 bits per heavy atom. The summed E-state index contributed by atoms with van der Waals surface area (Å²) >= 11 is 0. The molecule has 0 spiro atoms. The summed E-state index contributed by atoms with van der Waals surface area (Å²) in [7, 11) is 0. The minimum atomic E-state index is -0.891. The van der Waals surface area contributed by atoms with E-state index in [1.165, 1.54) is 0 Å². The molecule has 0 heterocycles. The van der Waals surface area contributed by atoms with Crippen molar-refractivity contribution in [3.05, 3.63) is 0 Å². The van der Waals surface area contributed by atoms with Gasteiger partial charge in [-0.2, -0.15) is 11.4 Å². The van der Waals surface area contributed by atoms with E-state index in [4.69, 9.17) is 10.6 Å². The lowest BCUT2D eigenvalue weighted by Crippen LogP contribution is -2.43. The smallest absolute Gasteiger partial charge is 0.428 e. The number of ether oxygens (including phenoxy) is 1. The van der Waals surface area contributed by atoms with Gasteiger partial charge in [0.25, 0.3) is 0 Å². The number of rotatable bonds is 6. The summed E-state index contributed by atoms with van der Waals surface area (Å²) in [4.78, 5) is 14.5. The maximum Gasteiger partial charge on any atom is 0.527 e. The highest BCUT2D eigenvalue weighted by molar-refractivity contribution is 5.59. The lowest BCUT2D eigenvalue weighted by molar-refractivity contribution is 0.0192. The number of hydrogen-bond acceptors (Lipinski definition) is 7. The summed E-state index contributed by atoms with van der Waals surface area (Å²) in [6.07, 6.45) is 0.410. The van der Waals surface area contributed by atoms with Gasteiger partial charge in [-0.15, -0.1) is 0 Å². The van der Waals surface area contributed by atoms with Crippen LogP contribution < -0.4 is 22.7 Å². The van der Waals surface area contributed by atoms with Crippen molar-refractivity contribution in [1.82, 2.24) is 11.0 Å². The Morgan fingerprint density at radius 2 is 2.31 bits per heavy atom. The fourth-order valence-electron chi connectivity index (χ4n) is 0.861. The quantitative estimate of drug-likeness (QED) is 0.246. The molecule has 0 radical (unpaired) electrons. The first-order valence-corrected chi connectivity index (χ1v) is 4.00. The van der Waals surface area contributed by atoms with Crippen LogP contribution in [0.15, 0.2) is 0 Å². The van der Waals surface area contributed by atoms with Crippen LogP contribution in [0.3, 0.4) is 0 Å². The number of carbonyl (C=O) groups is 1. The predicted molar refractivity (Wildman–Crippen MR) is 45.8 cm³/mol. The molecule has 78 valence electrons. The Hall–Kier alpha value is -0.890. The van der Waals surface area contributed by atoms with Crippen LogP contribution in [0.1, 0.15) is 19.8 Å². The number of nitrogens with two attached hydrogens (primary N) is 2. The fourth-order valence-corrected chi connectivity index (χ4v) is 0.861. The van der Waals surface area contributed by atoms with Gasteiger partial charge in [0.05, 0.1) is 0 Å². The number of hydrazine groups is 2. The number of hydrogen-bond donors (Lipinski definition) is 4. The first kappa shape index (κ1) is 12.1. The van der Waals surface area contributed by atoms with E-state index in [2.05, 4.69) is 21.7 Å². The van der Waals surface area contributed by atoms with Gasteiger partial charge < -0.3 is 9.57 Å². The average Bonchev–Trinajstić information content (AvgIpc) is 2.14. The SMILES string of the molecule is CCC[C@H](CNNN)OC(=O)ON. The topological polar surface area (TPSA) is 112 Å². The summed E-state index contributed by atoms with van der Waals surface area (Å²) in [6, 6.07) is 0. The van der Waals surface area contributed by atoms with Gasteiger partial charge in [0, 0.05) is 6.54 Å². The van der Waals surface area contributed by atoms with Crippen molar-refractivity contribution in [3.8, 4) is 0 Å². The van der Waals surface area contributed by atoms with Crippen molar-refractivity contribution < 1.29 is 14.4 Å². The molecule has 7 nitrogen and oxygen atoms in total. The third-order valence-corrected chi connectivity index (χ3v) is 1.40. The van der Waals surface area contributed by atoms with E-state index in [1.54, 1.807) is 0 Å². The van der Waals surface area contributed by atoms with Crippen LogP contribution in [0.25, 0.3) is 0 Å². The highest BCUT2D eigenvalue weighted by Gasteiger charge is 2.13. The number of carbonyl (C=O) groups excluding carboxylic acids is 1. The molecule has 7 heteroatoms. The van der Waals surface area contributed by atoms with Crippen molar-refractivity contribution >= 4 is 6.16 Å². The molecule has 0 rings (SSSR count). The van der Waals surface area contributed by atoms with E-state index in [0.29, 0.717) is 13.0 Å². The van der Waals surface area contributed by atoms with Gasteiger partial charge in [-0.1, -0.05) is 13.3 Å². The maximum atomic E-state index is 10.6. The van der Waals surface area contributed by atoms with Crippen LogP contribution in [0.4, 0.5) is 4.79 Å². The van der Waals surface area contributed by atoms with E-state index in [0.717, 1.165) is 6.42 Å². The maximum absolute atomic E-state index is 10.6. The molecule has 0 aliphatic rings. The molecule has 0 amide bonds. The predicted octanol–water partition coefficient (Wildman–Crippen LogP) is -0.850. The van der Waals surface area contributed by atoms with Gasteiger partial charge in [0.15, 0.2) is 0 Å². The van der Waals surface area contributed by atoms with Crippen molar-refractivity contribution in [2.75, 3.05) is 6.54 Å². The molecular formula is C6H16N4O3. The summed E-state index contributed by atoms with van der Waals surface area (Å²) in [5, 5.41) is 0. The Bertz CT molecular complexity index is 144. The van der Waals surface area contributed by atoms with Gasteiger partial charge in [-0.3, -0.25) is 5.84 Å². The summed E-state index contributed by atoms with van der Waals surface area (Å²) in [5.41, 5.74) is 4.85. The Labute approximate surface area is 76.6 Å². The fraction of sp³-hybridized carbons (Fsp3) is 0.833. The van der Waals surface area contributed by atoms with Crippen LogP contribution in [0, 0.1) is 0 Å². The van der Waals surface area contributed by atoms with Gasteiger partial charge in [-0.05, 0) is 6.42 Å². The molecule has 0 saturated carbocycles. The zero-order valence-corrected chi connectivity index (χ0v) is 7.58. The monoisotopic (exact) mass is 192 g/mol. The third kappa shape index (κ3) is 6.29. The first-order chi connectivity index (χ1) is 6.24. The van der Waals surface area contributed by atoms with Crippen LogP contribution in [-0.4, -0.2) is 18.8 Å². The van der Waals surface area contributed by atoms with Crippen LogP contribution in [0.2, 0.25) is 0 Å². The van der Waals surface area contributed by atoms with Crippen molar-refractivity contribution in [1.29, 1.82) is 0 Å². The minimum absolute atomic E-state index is 0.294. The standard InChI is InChI=1S/C6H16N4O3/c1-2-3-5(4-9-10-7)12-6(11)13-8/h5,9-10H,2-4,7-8H2,1H3/t5-/m1/s1. The van der Waals surface area contributed by atoms with Crippen molar-refractivity contribution in [2.24, 2.45) is 11.7 Å².